The van der Waals surface area contributed by atoms with Crippen LogP contribution in [0.15, 0.2) is 23.6 Å². The van der Waals surface area contributed by atoms with Crippen molar-refractivity contribution in [3.05, 3.63) is 46.0 Å². The van der Waals surface area contributed by atoms with E-state index in [2.05, 4.69) is 10.3 Å². The normalized spacial score (nSPS) is 12.2. The van der Waals surface area contributed by atoms with Gasteiger partial charge in [-0.1, -0.05) is 17.7 Å². The van der Waals surface area contributed by atoms with Crippen molar-refractivity contribution in [1.29, 1.82) is 0 Å². The Morgan fingerprint density at radius 2 is 2.16 bits per heavy atom. The zero-order chi connectivity index (χ0) is 14.0. The molecule has 4 nitrogen and oxygen atoms in total. The van der Waals surface area contributed by atoms with Gasteiger partial charge in [-0.25, -0.2) is 4.98 Å². The van der Waals surface area contributed by atoms with Crippen molar-refractivity contribution >= 4 is 22.4 Å². The highest BCUT2D eigenvalue weighted by Gasteiger charge is 2.13. The van der Waals surface area contributed by atoms with Crippen LogP contribution >= 0.6 is 11.3 Å². The van der Waals surface area contributed by atoms with E-state index in [1.165, 1.54) is 11.3 Å². The van der Waals surface area contributed by atoms with Gasteiger partial charge < -0.3 is 5.11 Å². The van der Waals surface area contributed by atoms with Crippen LogP contribution in [0.2, 0.25) is 0 Å². The Labute approximate surface area is 116 Å². The van der Waals surface area contributed by atoms with E-state index in [9.17, 15) is 9.90 Å². The van der Waals surface area contributed by atoms with Crippen LogP contribution in [-0.2, 0) is 0 Å². The van der Waals surface area contributed by atoms with Crippen molar-refractivity contribution < 1.29 is 9.90 Å². The average molecular weight is 276 g/mol. The number of hydrogen-bond donors (Lipinski definition) is 2. The van der Waals surface area contributed by atoms with E-state index in [4.69, 9.17) is 0 Å². The number of hydrogen-bond acceptors (Lipinski definition) is 4. The fourth-order valence-corrected chi connectivity index (χ4v) is 2.47. The number of anilines is 1. The van der Waals surface area contributed by atoms with Gasteiger partial charge in [0.05, 0.1) is 11.8 Å². The average Bonchev–Trinajstić information content (AvgIpc) is 2.80. The van der Waals surface area contributed by atoms with Crippen molar-refractivity contribution in [3.63, 3.8) is 0 Å². The molecule has 0 saturated carbocycles. The third-order valence-electron chi connectivity index (χ3n) is 2.81. The lowest BCUT2D eigenvalue weighted by atomic mass is 10.1. The summed E-state index contributed by atoms with van der Waals surface area (Å²) in [5.74, 6) is -0.173. The smallest absolute Gasteiger partial charge is 0.257 e. The Hall–Kier alpha value is -1.72. The molecule has 2 N–H and O–H groups in total. The second-order valence-corrected chi connectivity index (χ2v) is 5.38. The molecular weight excluding hydrogens is 260 g/mol. The molecule has 2 aromatic rings. The Morgan fingerprint density at radius 1 is 1.42 bits per heavy atom. The molecule has 0 radical (unpaired) electrons. The number of carbonyl (C=O) groups excluding carboxylic acids is 1. The van der Waals surface area contributed by atoms with Crippen molar-refractivity contribution in [1.82, 2.24) is 4.98 Å². The SMILES string of the molecule is Cc1ccc(C)c(C(=O)Nc2nc(C(C)O)cs2)c1. The van der Waals surface area contributed by atoms with Crippen LogP contribution in [0.4, 0.5) is 5.13 Å². The van der Waals surface area contributed by atoms with Gasteiger partial charge in [0, 0.05) is 10.9 Å². The molecule has 1 aromatic heterocycles. The quantitative estimate of drug-likeness (QED) is 0.905. The third-order valence-corrected chi connectivity index (χ3v) is 3.58. The molecule has 100 valence electrons. The fraction of sp³-hybridized carbons (Fsp3) is 0.286. The maximum Gasteiger partial charge on any atom is 0.257 e. The van der Waals surface area contributed by atoms with Crippen LogP contribution in [0.5, 0.6) is 0 Å². The first-order chi connectivity index (χ1) is 8.97. The Bertz CT molecular complexity index is 605. The summed E-state index contributed by atoms with van der Waals surface area (Å²) in [6, 6.07) is 5.75. The number of aliphatic hydroxyl groups is 1. The number of aromatic nitrogens is 1. The molecule has 0 spiro atoms. The van der Waals surface area contributed by atoms with Gasteiger partial charge in [-0.15, -0.1) is 11.3 Å². The minimum atomic E-state index is -0.623. The maximum absolute atomic E-state index is 12.2. The molecule has 1 unspecified atom stereocenters. The number of aliphatic hydroxyl groups excluding tert-OH is 1. The molecule has 2 rings (SSSR count). The second kappa shape index (κ2) is 5.50. The molecule has 0 aliphatic heterocycles. The highest BCUT2D eigenvalue weighted by atomic mass is 32.1. The van der Waals surface area contributed by atoms with Crippen LogP contribution in [0.25, 0.3) is 0 Å². The lowest BCUT2D eigenvalue weighted by molar-refractivity contribution is 0.102. The number of rotatable bonds is 3. The van der Waals surface area contributed by atoms with E-state index in [0.29, 0.717) is 16.4 Å². The van der Waals surface area contributed by atoms with E-state index in [-0.39, 0.29) is 5.91 Å². The Kier molecular flexibility index (Phi) is 3.97. The summed E-state index contributed by atoms with van der Waals surface area (Å²) >= 11 is 1.31. The highest BCUT2D eigenvalue weighted by Crippen LogP contribution is 2.21. The third kappa shape index (κ3) is 3.19. The van der Waals surface area contributed by atoms with E-state index < -0.39 is 6.10 Å². The molecule has 0 aliphatic rings. The van der Waals surface area contributed by atoms with E-state index in [0.717, 1.165) is 11.1 Å². The van der Waals surface area contributed by atoms with Crippen molar-refractivity contribution in [3.8, 4) is 0 Å². The molecule has 0 fully saturated rings. The van der Waals surface area contributed by atoms with Gasteiger partial charge in [0.2, 0.25) is 0 Å². The predicted molar refractivity (Wildman–Crippen MR) is 76.6 cm³/mol. The van der Waals surface area contributed by atoms with Crippen LogP contribution < -0.4 is 5.32 Å². The van der Waals surface area contributed by atoms with Gasteiger partial charge in [-0.05, 0) is 32.4 Å². The molecule has 0 aliphatic carbocycles. The topological polar surface area (TPSA) is 62.2 Å². The van der Waals surface area contributed by atoms with E-state index in [1.54, 1.807) is 12.3 Å². The van der Waals surface area contributed by atoms with Crippen LogP contribution in [0.1, 0.15) is 40.2 Å². The number of amides is 1. The number of benzene rings is 1. The number of carbonyl (C=O) groups is 1. The molecular formula is C14H16N2O2S. The molecule has 1 heterocycles. The first-order valence-corrected chi connectivity index (χ1v) is 6.87. The zero-order valence-electron chi connectivity index (χ0n) is 11.1. The molecule has 1 amide bonds. The second-order valence-electron chi connectivity index (χ2n) is 4.53. The minimum absolute atomic E-state index is 0.173. The lowest BCUT2D eigenvalue weighted by Gasteiger charge is -2.06. The first-order valence-electron chi connectivity index (χ1n) is 5.99. The van der Waals surface area contributed by atoms with Gasteiger partial charge in [-0.2, -0.15) is 0 Å². The number of aryl methyl sites for hydroxylation is 2. The summed E-state index contributed by atoms with van der Waals surface area (Å²) in [6.45, 7) is 5.49. The number of thiazole rings is 1. The van der Waals surface area contributed by atoms with Gasteiger partial charge in [-0.3, -0.25) is 10.1 Å². The zero-order valence-corrected chi connectivity index (χ0v) is 11.9. The van der Waals surface area contributed by atoms with Crippen LogP contribution in [0, 0.1) is 13.8 Å². The summed E-state index contributed by atoms with van der Waals surface area (Å²) in [4.78, 5) is 16.3. The van der Waals surface area contributed by atoms with E-state index >= 15 is 0 Å². The Morgan fingerprint density at radius 3 is 2.79 bits per heavy atom. The summed E-state index contributed by atoms with van der Waals surface area (Å²) in [5, 5.41) is 14.4. The fourth-order valence-electron chi connectivity index (χ4n) is 1.68. The number of nitrogens with zero attached hydrogens (tertiary/aromatic N) is 1. The maximum atomic E-state index is 12.2. The van der Waals surface area contributed by atoms with Gasteiger partial charge in [0.15, 0.2) is 5.13 Å². The van der Waals surface area contributed by atoms with Crippen LogP contribution in [0.3, 0.4) is 0 Å². The van der Waals surface area contributed by atoms with E-state index in [1.807, 2.05) is 32.0 Å². The molecule has 1 aromatic carbocycles. The summed E-state index contributed by atoms with van der Waals surface area (Å²) in [6.07, 6.45) is -0.623. The standard InChI is InChI=1S/C14H16N2O2S/c1-8-4-5-9(2)11(6-8)13(18)16-14-15-12(7-19-14)10(3)17/h4-7,10,17H,1-3H3,(H,15,16,18). The molecule has 0 saturated heterocycles. The summed E-state index contributed by atoms with van der Waals surface area (Å²) in [5.41, 5.74) is 3.19. The van der Waals surface area contributed by atoms with Gasteiger partial charge in [0.1, 0.15) is 0 Å². The summed E-state index contributed by atoms with van der Waals surface area (Å²) in [7, 11) is 0. The summed E-state index contributed by atoms with van der Waals surface area (Å²) < 4.78 is 0. The van der Waals surface area contributed by atoms with Crippen molar-refractivity contribution in [2.75, 3.05) is 5.32 Å². The van der Waals surface area contributed by atoms with Gasteiger partial charge >= 0.3 is 0 Å². The van der Waals surface area contributed by atoms with Crippen molar-refractivity contribution in [2.45, 2.75) is 26.9 Å². The largest absolute Gasteiger partial charge is 0.387 e. The van der Waals surface area contributed by atoms with Crippen LogP contribution in [-0.4, -0.2) is 16.0 Å². The predicted octanol–water partition coefficient (Wildman–Crippen LogP) is 3.07. The molecule has 1 atom stereocenters. The monoisotopic (exact) mass is 276 g/mol. The molecule has 5 heteroatoms. The highest BCUT2D eigenvalue weighted by molar-refractivity contribution is 7.14. The Balaban J connectivity index is 2.18. The molecule has 19 heavy (non-hydrogen) atoms. The van der Waals surface area contributed by atoms with Crippen molar-refractivity contribution in [2.24, 2.45) is 0 Å². The number of nitrogens with one attached hydrogen (secondary N) is 1. The minimum Gasteiger partial charge on any atom is -0.387 e. The molecule has 0 bridgehead atoms. The van der Waals surface area contributed by atoms with Gasteiger partial charge in [0.25, 0.3) is 5.91 Å². The lowest BCUT2D eigenvalue weighted by Crippen LogP contribution is -2.13. The first kappa shape index (κ1) is 13.7.